The number of amides is 1. The first-order valence-corrected chi connectivity index (χ1v) is 7.86. The molecule has 0 saturated carbocycles. The van der Waals surface area contributed by atoms with Crippen molar-refractivity contribution in [2.75, 3.05) is 5.32 Å². The van der Waals surface area contributed by atoms with Crippen molar-refractivity contribution >= 4 is 23.4 Å². The van der Waals surface area contributed by atoms with Gasteiger partial charge in [0.1, 0.15) is 0 Å². The fraction of sp³-hybridized carbons (Fsp3) is 0.312. The number of rotatable bonds is 4. The lowest BCUT2D eigenvalue weighted by Crippen LogP contribution is -2.23. The van der Waals surface area contributed by atoms with E-state index in [0.717, 1.165) is 16.8 Å². The van der Waals surface area contributed by atoms with Gasteiger partial charge in [0.2, 0.25) is 5.91 Å². The van der Waals surface area contributed by atoms with Crippen molar-refractivity contribution < 1.29 is 4.79 Å². The second-order valence-corrected chi connectivity index (χ2v) is 6.59. The zero-order valence-electron chi connectivity index (χ0n) is 13.1. The lowest BCUT2D eigenvalue weighted by Gasteiger charge is -2.13. The van der Waals surface area contributed by atoms with E-state index < -0.39 is 0 Å². The van der Waals surface area contributed by atoms with Crippen LogP contribution in [0.15, 0.2) is 34.2 Å². The van der Waals surface area contributed by atoms with Gasteiger partial charge in [0, 0.05) is 17.4 Å². The van der Waals surface area contributed by atoms with Crippen LogP contribution in [0.2, 0.25) is 0 Å². The number of carbonyl (C=O) groups is 1. The fourth-order valence-corrected chi connectivity index (χ4v) is 2.87. The highest BCUT2D eigenvalue weighted by atomic mass is 32.2. The van der Waals surface area contributed by atoms with Gasteiger partial charge in [-0.05, 0) is 39.3 Å². The first kappa shape index (κ1) is 16.3. The third-order valence-corrected chi connectivity index (χ3v) is 4.13. The van der Waals surface area contributed by atoms with E-state index in [0.29, 0.717) is 10.9 Å². The molecule has 1 heterocycles. The van der Waals surface area contributed by atoms with Gasteiger partial charge < -0.3 is 10.3 Å². The highest BCUT2D eigenvalue weighted by molar-refractivity contribution is 8.00. The van der Waals surface area contributed by atoms with Crippen molar-refractivity contribution in [2.24, 2.45) is 0 Å². The molecular formula is C16H19N3O2S. The number of benzene rings is 1. The molecule has 0 radical (unpaired) electrons. The molecule has 0 aliphatic carbocycles. The molecule has 2 rings (SSSR count). The summed E-state index contributed by atoms with van der Waals surface area (Å²) in [5, 5.41) is 2.99. The van der Waals surface area contributed by atoms with Crippen LogP contribution in [0.3, 0.4) is 0 Å². The molecule has 1 aromatic carbocycles. The predicted molar refractivity (Wildman–Crippen MR) is 89.5 cm³/mol. The maximum absolute atomic E-state index is 12.3. The Morgan fingerprint density at radius 1 is 1.27 bits per heavy atom. The van der Waals surface area contributed by atoms with Crippen LogP contribution in [0.4, 0.5) is 5.69 Å². The second-order valence-electron chi connectivity index (χ2n) is 5.26. The Kier molecular flexibility index (Phi) is 5.03. The van der Waals surface area contributed by atoms with Gasteiger partial charge >= 0.3 is 0 Å². The maximum Gasteiger partial charge on any atom is 0.251 e. The third-order valence-electron chi connectivity index (χ3n) is 3.15. The summed E-state index contributed by atoms with van der Waals surface area (Å²) >= 11 is 1.23. The van der Waals surface area contributed by atoms with E-state index in [9.17, 15) is 9.59 Å². The van der Waals surface area contributed by atoms with Crippen LogP contribution in [0.5, 0.6) is 0 Å². The molecule has 0 fully saturated rings. The summed E-state index contributed by atoms with van der Waals surface area (Å²) in [5.74, 6) is -0.124. The van der Waals surface area contributed by atoms with Crippen LogP contribution in [-0.4, -0.2) is 21.1 Å². The van der Waals surface area contributed by atoms with Crippen LogP contribution in [0.25, 0.3) is 0 Å². The Bertz CT molecular complexity index is 755. The number of aromatic nitrogens is 2. The standard InChI is InChI=1S/C16H19N3O2S/c1-9-5-6-13(10(2)7-9)18-15(21)12(4)22-16-17-11(3)8-14(20)19-16/h5-8,12H,1-4H3,(H,18,21)(H,17,19,20). The number of hydrogen-bond donors (Lipinski definition) is 2. The lowest BCUT2D eigenvalue weighted by molar-refractivity contribution is -0.115. The first-order chi connectivity index (χ1) is 10.3. The summed E-state index contributed by atoms with van der Waals surface area (Å²) in [4.78, 5) is 30.5. The maximum atomic E-state index is 12.3. The monoisotopic (exact) mass is 317 g/mol. The number of nitrogens with zero attached hydrogens (tertiary/aromatic N) is 1. The summed E-state index contributed by atoms with van der Waals surface area (Å²) in [6.45, 7) is 7.50. The van der Waals surface area contributed by atoms with Crippen molar-refractivity contribution in [1.82, 2.24) is 9.97 Å². The van der Waals surface area contributed by atoms with Gasteiger partial charge in [0.25, 0.3) is 5.56 Å². The Balaban J connectivity index is 2.07. The number of nitrogens with one attached hydrogen (secondary N) is 2. The summed E-state index contributed by atoms with van der Waals surface area (Å²) in [7, 11) is 0. The van der Waals surface area contributed by atoms with Gasteiger partial charge in [-0.15, -0.1) is 0 Å². The number of aromatic amines is 1. The molecule has 5 nitrogen and oxygen atoms in total. The number of anilines is 1. The van der Waals surface area contributed by atoms with Gasteiger partial charge in [0.05, 0.1) is 5.25 Å². The zero-order chi connectivity index (χ0) is 16.3. The van der Waals surface area contributed by atoms with Crippen LogP contribution >= 0.6 is 11.8 Å². The summed E-state index contributed by atoms with van der Waals surface area (Å²) in [5.41, 5.74) is 3.39. The SMILES string of the molecule is Cc1ccc(NC(=O)C(C)Sc2nc(C)cc(=O)[nH]2)c(C)c1. The molecule has 116 valence electrons. The molecule has 2 N–H and O–H groups in total. The topological polar surface area (TPSA) is 74.8 Å². The second kappa shape index (κ2) is 6.79. The Hall–Kier alpha value is -2.08. The quantitative estimate of drug-likeness (QED) is 0.671. The molecule has 2 aromatic rings. The average molecular weight is 317 g/mol. The largest absolute Gasteiger partial charge is 0.325 e. The third kappa shape index (κ3) is 4.21. The van der Waals surface area contributed by atoms with Crippen molar-refractivity contribution in [2.45, 2.75) is 38.1 Å². The smallest absolute Gasteiger partial charge is 0.251 e. The molecular weight excluding hydrogens is 298 g/mol. The fourth-order valence-electron chi connectivity index (χ4n) is 2.02. The van der Waals surface area contributed by atoms with Gasteiger partial charge in [-0.3, -0.25) is 9.59 Å². The van der Waals surface area contributed by atoms with E-state index in [-0.39, 0.29) is 16.7 Å². The molecule has 22 heavy (non-hydrogen) atoms. The molecule has 0 aliphatic heterocycles. The zero-order valence-corrected chi connectivity index (χ0v) is 13.9. The highest BCUT2D eigenvalue weighted by Gasteiger charge is 2.16. The van der Waals surface area contributed by atoms with Gasteiger partial charge in [-0.1, -0.05) is 29.5 Å². The van der Waals surface area contributed by atoms with Gasteiger partial charge in [0.15, 0.2) is 5.16 Å². The van der Waals surface area contributed by atoms with Crippen LogP contribution in [0, 0.1) is 20.8 Å². The minimum absolute atomic E-state index is 0.124. The number of carbonyl (C=O) groups excluding carboxylic acids is 1. The molecule has 1 atom stereocenters. The van der Waals surface area contributed by atoms with E-state index in [2.05, 4.69) is 15.3 Å². The molecule has 0 spiro atoms. The molecule has 1 unspecified atom stereocenters. The normalized spacial score (nSPS) is 12.0. The molecule has 1 aromatic heterocycles. The van der Waals surface area contributed by atoms with Crippen LogP contribution in [0.1, 0.15) is 23.7 Å². The Labute approximate surface area is 133 Å². The summed E-state index contributed by atoms with van der Waals surface area (Å²) in [6, 6.07) is 7.30. The lowest BCUT2D eigenvalue weighted by atomic mass is 10.1. The van der Waals surface area contributed by atoms with E-state index in [1.807, 2.05) is 32.0 Å². The Morgan fingerprint density at radius 3 is 2.64 bits per heavy atom. The number of H-pyrrole nitrogens is 1. The number of hydrogen-bond acceptors (Lipinski definition) is 4. The number of thioether (sulfide) groups is 1. The van der Waals surface area contributed by atoms with E-state index in [1.54, 1.807) is 13.8 Å². The molecule has 6 heteroatoms. The van der Waals surface area contributed by atoms with E-state index in [4.69, 9.17) is 0 Å². The van der Waals surface area contributed by atoms with Crippen molar-refractivity contribution in [3.63, 3.8) is 0 Å². The van der Waals surface area contributed by atoms with Crippen molar-refractivity contribution in [1.29, 1.82) is 0 Å². The minimum atomic E-state index is -0.370. The van der Waals surface area contributed by atoms with Crippen LogP contribution in [-0.2, 0) is 4.79 Å². The van der Waals surface area contributed by atoms with Crippen molar-refractivity contribution in [3.05, 3.63) is 51.4 Å². The van der Waals surface area contributed by atoms with Crippen LogP contribution < -0.4 is 10.9 Å². The minimum Gasteiger partial charge on any atom is -0.325 e. The predicted octanol–water partition coefficient (Wildman–Crippen LogP) is 2.81. The number of aryl methyl sites for hydroxylation is 3. The Morgan fingerprint density at radius 2 is 2.00 bits per heavy atom. The van der Waals surface area contributed by atoms with Gasteiger partial charge in [-0.2, -0.15) is 0 Å². The highest BCUT2D eigenvalue weighted by Crippen LogP contribution is 2.21. The molecule has 0 saturated heterocycles. The van der Waals surface area contributed by atoms with Gasteiger partial charge in [-0.25, -0.2) is 4.98 Å². The summed E-state index contributed by atoms with van der Waals surface area (Å²) < 4.78 is 0. The molecule has 0 bridgehead atoms. The van der Waals surface area contributed by atoms with Crippen molar-refractivity contribution in [3.8, 4) is 0 Å². The molecule has 0 aliphatic rings. The average Bonchev–Trinajstić information content (AvgIpc) is 2.40. The molecule has 1 amide bonds. The summed E-state index contributed by atoms with van der Waals surface area (Å²) in [6.07, 6.45) is 0. The van der Waals surface area contributed by atoms with E-state index in [1.165, 1.54) is 17.8 Å². The van der Waals surface area contributed by atoms with E-state index >= 15 is 0 Å². The first-order valence-electron chi connectivity index (χ1n) is 6.98.